The zero-order valence-electron chi connectivity index (χ0n) is 18.6. The molecule has 7 nitrogen and oxygen atoms in total. The molecule has 2 aromatic carbocycles. The van der Waals surface area contributed by atoms with E-state index in [4.69, 9.17) is 9.47 Å². The molecular formula is C25H29N3O4. The van der Waals surface area contributed by atoms with Gasteiger partial charge in [0.05, 0.1) is 37.4 Å². The van der Waals surface area contributed by atoms with Crippen molar-refractivity contribution < 1.29 is 14.3 Å². The third kappa shape index (κ3) is 4.83. The Kier molecular flexibility index (Phi) is 6.85. The van der Waals surface area contributed by atoms with Crippen LogP contribution in [0.5, 0.6) is 5.75 Å². The zero-order valence-corrected chi connectivity index (χ0v) is 18.6. The molecule has 1 aromatic heterocycles. The summed E-state index contributed by atoms with van der Waals surface area (Å²) in [7, 11) is 3.77. The number of para-hydroxylation sites is 1. The quantitative estimate of drug-likeness (QED) is 0.530. The standard InChI is InChI=1S/C25H29N3O4/c1-27-14-5-6-19(24(27)18-9-11-20(31-2)12-10-18)16-32-23(29)13-15-28-17-26-22-8-4-3-7-21(22)25(28)30/h3-4,7-12,17,19,24H,5-6,13-16H2,1-2H3/t19-,24-/m0/s1. The van der Waals surface area contributed by atoms with Crippen molar-refractivity contribution in [2.24, 2.45) is 5.92 Å². The van der Waals surface area contributed by atoms with Crippen LogP contribution in [0.4, 0.5) is 0 Å². The summed E-state index contributed by atoms with van der Waals surface area (Å²) in [6.45, 7) is 1.63. The first-order valence-corrected chi connectivity index (χ1v) is 11.0. The maximum absolute atomic E-state index is 12.6. The molecule has 0 aliphatic carbocycles. The zero-order chi connectivity index (χ0) is 22.5. The Labute approximate surface area is 187 Å². The van der Waals surface area contributed by atoms with Gasteiger partial charge >= 0.3 is 5.97 Å². The van der Waals surface area contributed by atoms with Gasteiger partial charge in [-0.1, -0.05) is 24.3 Å². The van der Waals surface area contributed by atoms with Crippen LogP contribution >= 0.6 is 0 Å². The molecule has 32 heavy (non-hydrogen) atoms. The fourth-order valence-electron chi connectivity index (χ4n) is 4.51. The van der Waals surface area contributed by atoms with Gasteiger partial charge in [0, 0.05) is 18.5 Å². The lowest BCUT2D eigenvalue weighted by Gasteiger charge is -2.39. The van der Waals surface area contributed by atoms with E-state index in [0.29, 0.717) is 17.5 Å². The average molecular weight is 436 g/mol. The highest BCUT2D eigenvalue weighted by molar-refractivity contribution is 5.77. The minimum Gasteiger partial charge on any atom is -0.497 e. The van der Waals surface area contributed by atoms with Gasteiger partial charge in [-0.25, -0.2) is 4.98 Å². The summed E-state index contributed by atoms with van der Waals surface area (Å²) in [5.74, 6) is 0.747. The van der Waals surface area contributed by atoms with E-state index in [1.54, 1.807) is 19.2 Å². The second-order valence-corrected chi connectivity index (χ2v) is 8.29. The van der Waals surface area contributed by atoms with Crippen LogP contribution < -0.4 is 10.3 Å². The number of hydrogen-bond acceptors (Lipinski definition) is 6. The first kappa shape index (κ1) is 22.0. The van der Waals surface area contributed by atoms with E-state index < -0.39 is 0 Å². The topological polar surface area (TPSA) is 73.7 Å². The third-order valence-electron chi connectivity index (χ3n) is 6.21. The number of hydrogen-bond donors (Lipinski definition) is 0. The van der Waals surface area contributed by atoms with Crippen molar-refractivity contribution in [2.45, 2.75) is 31.8 Å². The maximum atomic E-state index is 12.6. The van der Waals surface area contributed by atoms with Crippen molar-refractivity contribution in [3.05, 3.63) is 70.8 Å². The van der Waals surface area contributed by atoms with E-state index in [1.165, 1.54) is 16.5 Å². The van der Waals surface area contributed by atoms with E-state index in [0.717, 1.165) is 25.1 Å². The average Bonchev–Trinajstić information content (AvgIpc) is 2.82. The van der Waals surface area contributed by atoms with Crippen molar-refractivity contribution in [3.63, 3.8) is 0 Å². The number of rotatable bonds is 7. The number of nitrogens with zero attached hydrogens (tertiary/aromatic N) is 3. The first-order chi connectivity index (χ1) is 15.6. The van der Waals surface area contributed by atoms with Crippen LogP contribution in [-0.2, 0) is 16.1 Å². The van der Waals surface area contributed by atoms with E-state index in [9.17, 15) is 9.59 Å². The second-order valence-electron chi connectivity index (χ2n) is 8.29. The summed E-state index contributed by atoms with van der Waals surface area (Å²) in [6, 6.07) is 15.5. The number of ether oxygens (including phenoxy) is 2. The highest BCUT2D eigenvalue weighted by atomic mass is 16.5. The number of methoxy groups -OCH3 is 1. The highest BCUT2D eigenvalue weighted by Crippen LogP contribution is 2.35. The fourth-order valence-corrected chi connectivity index (χ4v) is 4.51. The van der Waals surface area contributed by atoms with Crippen molar-refractivity contribution in [3.8, 4) is 5.75 Å². The van der Waals surface area contributed by atoms with Crippen LogP contribution in [0.1, 0.15) is 30.9 Å². The minimum atomic E-state index is -0.299. The van der Waals surface area contributed by atoms with E-state index in [1.807, 2.05) is 24.3 Å². The molecule has 1 aliphatic rings. The number of fused-ring (bicyclic) bond motifs is 1. The lowest BCUT2D eigenvalue weighted by Crippen LogP contribution is -2.38. The lowest BCUT2D eigenvalue weighted by molar-refractivity contribution is -0.146. The largest absolute Gasteiger partial charge is 0.497 e. The number of piperidine rings is 1. The Morgan fingerprint density at radius 1 is 1.16 bits per heavy atom. The minimum absolute atomic E-state index is 0.135. The molecule has 3 aromatic rings. The Balaban J connectivity index is 1.37. The van der Waals surface area contributed by atoms with Crippen molar-refractivity contribution in [2.75, 3.05) is 27.3 Å². The van der Waals surface area contributed by atoms with E-state index in [2.05, 4.69) is 29.1 Å². The summed E-state index contributed by atoms with van der Waals surface area (Å²) in [6.07, 6.45) is 3.70. The molecule has 2 atom stereocenters. The Hall–Kier alpha value is -3.19. The van der Waals surface area contributed by atoms with Crippen LogP contribution in [-0.4, -0.2) is 47.7 Å². The van der Waals surface area contributed by atoms with Gasteiger partial charge in [-0.05, 0) is 56.3 Å². The Morgan fingerprint density at radius 3 is 2.72 bits per heavy atom. The van der Waals surface area contributed by atoms with Gasteiger partial charge in [-0.15, -0.1) is 0 Å². The predicted octanol–water partition coefficient (Wildman–Crippen LogP) is 3.42. The fraction of sp³-hybridized carbons (Fsp3) is 0.400. The molecule has 7 heteroatoms. The number of carbonyl (C=O) groups excluding carboxylic acids is 1. The number of benzene rings is 2. The van der Waals surface area contributed by atoms with Crippen LogP contribution in [0.15, 0.2) is 59.7 Å². The van der Waals surface area contributed by atoms with Crippen molar-refractivity contribution >= 4 is 16.9 Å². The molecule has 0 amide bonds. The first-order valence-electron chi connectivity index (χ1n) is 11.0. The monoisotopic (exact) mass is 435 g/mol. The predicted molar refractivity (Wildman–Crippen MR) is 123 cm³/mol. The van der Waals surface area contributed by atoms with E-state index in [-0.39, 0.29) is 36.5 Å². The smallest absolute Gasteiger partial charge is 0.307 e. The molecule has 0 radical (unpaired) electrons. The number of likely N-dealkylation sites (tertiary alicyclic amines) is 1. The molecule has 1 fully saturated rings. The molecule has 0 unspecified atom stereocenters. The molecule has 0 bridgehead atoms. The van der Waals surface area contributed by atoms with Gasteiger partial charge < -0.3 is 9.47 Å². The van der Waals surface area contributed by atoms with Crippen LogP contribution in [0, 0.1) is 5.92 Å². The SMILES string of the molecule is COc1ccc([C@H]2[C@H](COC(=O)CCn3cnc4ccccc4c3=O)CCCN2C)cc1. The number of aryl methyl sites for hydroxylation is 1. The summed E-state index contributed by atoms with van der Waals surface area (Å²) < 4.78 is 12.4. The summed E-state index contributed by atoms with van der Waals surface area (Å²) in [5.41, 5.74) is 1.71. The third-order valence-corrected chi connectivity index (χ3v) is 6.21. The molecule has 1 aliphatic heterocycles. The van der Waals surface area contributed by atoms with Gasteiger partial charge in [0.25, 0.3) is 5.56 Å². The maximum Gasteiger partial charge on any atom is 0.307 e. The lowest BCUT2D eigenvalue weighted by atomic mass is 9.85. The normalized spacial score (nSPS) is 19.1. The highest BCUT2D eigenvalue weighted by Gasteiger charge is 2.31. The number of esters is 1. The summed E-state index contributed by atoms with van der Waals surface area (Å²) in [5, 5.41) is 0.552. The molecular weight excluding hydrogens is 406 g/mol. The van der Waals surface area contributed by atoms with Crippen LogP contribution in [0.25, 0.3) is 10.9 Å². The molecule has 168 valence electrons. The van der Waals surface area contributed by atoms with Gasteiger partial charge in [-0.3, -0.25) is 19.1 Å². The van der Waals surface area contributed by atoms with Crippen LogP contribution in [0.2, 0.25) is 0 Å². The van der Waals surface area contributed by atoms with E-state index >= 15 is 0 Å². The Bertz CT molecular complexity index is 1130. The summed E-state index contributed by atoms with van der Waals surface area (Å²) in [4.78, 5) is 31.7. The summed E-state index contributed by atoms with van der Waals surface area (Å²) >= 11 is 0. The van der Waals surface area contributed by atoms with Gasteiger partial charge in [0.1, 0.15) is 5.75 Å². The molecule has 0 N–H and O–H groups in total. The molecule has 2 heterocycles. The molecule has 0 saturated carbocycles. The second kappa shape index (κ2) is 9.96. The molecule has 1 saturated heterocycles. The van der Waals surface area contributed by atoms with Crippen LogP contribution in [0.3, 0.4) is 0 Å². The number of carbonyl (C=O) groups is 1. The van der Waals surface area contributed by atoms with Crippen molar-refractivity contribution in [1.82, 2.24) is 14.5 Å². The van der Waals surface area contributed by atoms with Gasteiger partial charge in [0.2, 0.25) is 0 Å². The van der Waals surface area contributed by atoms with Gasteiger partial charge in [-0.2, -0.15) is 0 Å². The van der Waals surface area contributed by atoms with Crippen molar-refractivity contribution in [1.29, 1.82) is 0 Å². The molecule has 4 rings (SSSR count). The number of aromatic nitrogens is 2. The molecule has 0 spiro atoms. The van der Waals surface area contributed by atoms with Gasteiger partial charge in [0.15, 0.2) is 0 Å². The Morgan fingerprint density at radius 2 is 1.94 bits per heavy atom.